The molecule has 0 spiro atoms. The number of anilines is 1. The molecule has 0 amide bonds. The highest BCUT2D eigenvalue weighted by Gasteiger charge is 2.13. The zero-order chi connectivity index (χ0) is 12.6. The van der Waals surface area contributed by atoms with Crippen molar-refractivity contribution in [1.29, 1.82) is 0 Å². The van der Waals surface area contributed by atoms with Gasteiger partial charge in [-0.25, -0.2) is 4.68 Å². The highest BCUT2D eigenvalue weighted by Crippen LogP contribution is 2.33. The van der Waals surface area contributed by atoms with Crippen molar-refractivity contribution in [2.24, 2.45) is 7.05 Å². The van der Waals surface area contributed by atoms with Crippen molar-refractivity contribution in [1.82, 2.24) is 9.78 Å². The first-order chi connectivity index (χ1) is 7.99. The topological polar surface area (TPSA) is 53.1 Å². The fourth-order valence-electron chi connectivity index (χ4n) is 1.57. The number of hydrogen-bond acceptors (Lipinski definition) is 3. The molecular formula is C12H14ClN3O. The van der Waals surface area contributed by atoms with Gasteiger partial charge in [0.05, 0.1) is 10.7 Å². The smallest absolute Gasteiger partial charge is 0.241 e. The van der Waals surface area contributed by atoms with E-state index in [9.17, 15) is 0 Å². The van der Waals surface area contributed by atoms with Crippen molar-refractivity contribution in [3.8, 4) is 11.6 Å². The molecule has 0 aliphatic rings. The summed E-state index contributed by atoms with van der Waals surface area (Å²) < 4.78 is 7.29. The molecule has 0 saturated carbocycles. The van der Waals surface area contributed by atoms with Gasteiger partial charge in [0.2, 0.25) is 5.88 Å². The summed E-state index contributed by atoms with van der Waals surface area (Å²) in [5, 5.41) is 4.74. The highest BCUT2D eigenvalue weighted by molar-refractivity contribution is 6.32. The largest absolute Gasteiger partial charge is 0.436 e. The van der Waals surface area contributed by atoms with E-state index in [1.807, 2.05) is 32.0 Å². The van der Waals surface area contributed by atoms with Crippen LogP contribution in [0.2, 0.25) is 5.02 Å². The number of halogens is 1. The zero-order valence-electron chi connectivity index (χ0n) is 9.99. The van der Waals surface area contributed by atoms with E-state index in [1.54, 1.807) is 11.7 Å². The van der Waals surface area contributed by atoms with E-state index < -0.39 is 0 Å². The maximum Gasteiger partial charge on any atom is 0.241 e. The number of nitrogens with zero attached hydrogens (tertiary/aromatic N) is 2. The van der Waals surface area contributed by atoms with Gasteiger partial charge in [-0.05, 0) is 31.5 Å². The first-order valence-corrected chi connectivity index (χ1v) is 5.60. The van der Waals surface area contributed by atoms with Gasteiger partial charge in [0.15, 0.2) is 0 Å². The molecule has 2 N–H and O–H groups in total. The Balaban J connectivity index is 2.38. The molecule has 0 bridgehead atoms. The summed E-state index contributed by atoms with van der Waals surface area (Å²) in [7, 11) is 1.78. The molecule has 4 nitrogen and oxygen atoms in total. The molecule has 5 heteroatoms. The normalized spacial score (nSPS) is 10.6. The Kier molecular flexibility index (Phi) is 2.98. The van der Waals surface area contributed by atoms with Gasteiger partial charge < -0.3 is 10.5 Å². The van der Waals surface area contributed by atoms with Crippen LogP contribution < -0.4 is 10.5 Å². The van der Waals surface area contributed by atoms with Crippen molar-refractivity contribution in [3.05, 3.63) is 34.5 Å². The number of rotatable bonds is 2. The molecule has 2 rings (SSSR count). The second-order valence-corrected chi connectivity index (χ2v) is 4.37. The van der Waals surface area contributed by atoms with Gasteiger partial charge in [-0.15, -0.1) is 0 Å². The average molecular weight is 252 g/mol. The van der Waals surface area contributed by atoms with Gasteiger partial charge in [0.1, 0.15) is 11.4 Å². The maximum atomic E-state index is 6.10. The van der Waals surface area contributed by atoms with Gasteiger partial charge in [-0.3, -0.25) is 0 Å². The van der Waals surface area contributed by atoms with Crippen LogP contribution in [0.4, 0.5) is 5.69 Å². The van der Waals surface area contributed by atoms with E-state index in [0.29, 0.717) is 22.3 Å². The third-order valence-electron chi connectivity index (χ3n) is 2.51. The van der Waals surface area contributed by atoms with Crippen molar-refractivity contribution in [2.45, 2.75) is 13.8 Å². The Morgan fingerprint density at radius 1 is 1.35 bits per heavy atom. The fourth-order valence-corrected chi connectivity index (χ4v) is 1.84. The fraction of sp³-hybridized carbons (Fsp3) is 0.250. The standard InChI is InChI=1S/C12H14ClN3O/c1-7-4-5-10(9(13)6-7)17-12-11(14)8(2)15-16(12)3/h4-6H,14H2,1-3H3. The predicted octanol–water partition coefficient (Wildman–Crippen LogP) is 3.06. The van der Waals surface area contributed by atoms with Crippen LogP contribution in [0, 0.1) is 13.8 Å². The lowest BCUT2D eigenvalue weighted by atomic mass is 10.2. The molecule has 0 radical (unpaired) electrons. The van der Waals surface area contributed by atoms with Crippen molar-refractivity contribution in [2.75, 3.05) is 5.73 Å². The number of aryl methyl sites for hydroxylation is 3. The van der Waals surface area contributed by atoms with Crippen molar-refractivity contribution >= 4 is 17.3 Å². The van der Waals surface area contributed by atoms with E-state index in [1.165, 1.54) is 0 Å². The summed E-state index contributed by atoms with van der Waals surface area (Å²) in [5.74, 6) is 1.08. The molecule has 1 aromatic carbocycles. The highest BCUT2D eigenvalue weighted by atomic mass is 35.5. The van der Waals surface area contributed by atoms with Gasteiger partial charge in [0, 0.05) is 7.05 Å². The van der Waals surface area contributed by atoms with Crippen LogP contribution >= 0.6 is 11.6 Å². The lowest BCUT2D eigenvalue weighted by Crippen LogP contribution is -1.97. The Labute approximate surface area is 105 Å². The van der Waals surface area contributed by atoms with E-state index in [-0.39, 0.29) is 0 Å². The van der Waals surface area contributed by atoms with Crippen LogP contribution in [0.5, 0.6) is 11.6 Å². The van der Waals surface area contributed by atoms with Crippen LogP contribution in [0.1, 0.15) is 11.3 Å². The van der Waals surface area contributed by atoms with Crippen LogP contribution in [0.15, 0.2) is 18.2 Å². The molecule has 17 heavy (non-hydrogen) atoms. The third kappa shape index (κ3) is 2.22. The summed E-state index contributed by atoms with van der Waals surface area (Å²) >= 11 is 6.10. The average Bonchev–Trinajstić information content (AvgIpc) is 2.48. The van der Waals surface area contributed by atoms with E-state index in [2.05, 4.69) is 5.10 Å². The Morgan fingerprint density at radius 3 is 2.59 bits per heavy atom. The number of ether oxygens (including phenoxy) is 1. The summed E-state index contributed by atoms with van der Waals surface area (Å²) in [6, 6.07) is 5.59. The minimum atomic E-state index is 0.508. The first-order valence-electron chi connectivity index (χ1n) is 5.22. The monoisotopic (exact) mass is 251 g/mol. The predicted molar refractivity (Wildman–Crippen MR) is 68.6 cm³/mol. The molecule has 2 aromatic rings. The second-order valence-electron chi connectivity index (χ2n) is 3.96. The molecule has 90 valence electrons. The quantitative estimate of drug-likeness (QED) is 0.893. The Hall–Kier alpha value is -1.68. The lowest BCUT2D eigenvalue weighted by Gasteiger charge is -2.08. The molecule has 0 fully saturated rings. The Bertz CT molecular complexity index is 563. The summed E-state index contributed by atoms with van der Waals surface area (Å²) in [5.41, 5.74) is 8.23. The van der Waals surface area contributed by atoms with Gasteiger partial charge in [-0.2, -0.15) is 5.10 Å². The van der Waals surface area contributed by atoms with Crippen LogP contribution in [-0.2, 0) is 7.05 Å². The number of nitrogens with two attached hydrogens (primary N) is 1. The lowest BCUT2D eigenvalue weighted by molar-refractivity contribution is 0.432. The molecular weight excluding hydrogens is 238 g/mol. The minimum absolute atomic E-state index is 0.508. The van der Waals surface area contributed by atoms with E-state index >= 15 is 0 Å². The van der Waals surface area contributed by atoms with E-state index in [4.69, 9.17) is 22.1 Å². The summed E-state index contributed by atoms with van der Waals surface area (Å²) in [6.45, 7) is 3.80. The first kappa shape index (κ1) is 11.8. The van der Waals surface area contributed by atoms with Crippen molar-refractivity contribution < 1.29 is 4.74 Å². The van der Waals surface area contributed by atoms with Gasteiger partial charge in [-0.1, -0.05) is 17.7 Å². The third-order valence-corrected chi connectivity index (χ3v) is 2.80. The van der Waals surface area contributed by atoms with Crippen LogP contribution in [-0.4, -0.2) is 9.78 Å². The van der Waals surface area contributed by atoms with Gasteiger partial charge in [0.25, 0.3) is 0 Å². The van der Waals surface area contributed by atoms with Crippen LogP contribution in [0.25, 0.3) is 0 Å². The molecule has 0 aliphatic carbocycles. The summed E-state index contributed by atoms with van der Waals surface area (Å²) in [6.07, 6.45) is 0. The number of hydrogen-bond donors (Lipinski definition) is 1. The molecule has 0 atom stereocenters. The van der Waals surface area contributed by atoms with Gasteiger partial charge >= 0.3 is 0 Å². The molecule has 1 heterocycles. The molecule has 1 aromatic heterocycles. The maximum absolute atomic E-state index is 6.10. The second kappa shape index (κ2) is 4.30. The number of nitrogen functional groups attached to an aromatic ring is 1. The zero-order valence-corrected chi connectivity index (χ0v) is 10.7. The molecule has 0 unspecified atom stereocenters. The number of benzene rings is 1. The van der Waals surface area contributed by atoms with Crippen LogP contribution in [0.3, 0.4) is 0 Å². The number of aromatic nitrogens is 2. The summed E-state index contributed by atoms with van der Waals surface area (Å²) in [4.78, 5) is 0. The van der Waals surface area contributed by atoms with Crippen molar-refractivity contribution in [3.63, 3.8) is 0 Å². The van der Waals surface area contributed by atoms with E-state index in [0.717, 1.165) is 11.3 Å². The SMILES string of the molecule is Cc1ccc(Oc2c(N)c(C)nn2C)c(Cl)c1. The molecule has 0 saturated heterocycles. The minimum Gasteiger partial charge on any atom is -0.436 e. The Morgan fingerprint density at radius 2 is 2.06 bits per heavy atom. The molecule has 0 aliphatic heterocycles.